The monoisotopic (exact) mass is 491 g/mol. The molecular weight excluding hydrogens is 479 g/mol. The third kappa shape index (κ3) is 5.30. The van der Waals surface area contributed by atoms with Crippen LogP contribution in [0.25, 0.3) is 0 Å². The average molecular weight is 493 g/mol. The zero-order valence-electron chi connectivity index (χ0n) is 14.9. The summed E-state index contributed by atoms with van der Waals surface area (Å²) in [5, 5.41) is 10.6. The number of rotatable bonds is 6. The van der Waals surface area contributed by atoms with Crippen LogP contribution in [0.3, 0.4) is 0 Å². The van der Waals surface area contributed by atoms with Gasteiger partial charge in [-0.15, -0.1) is 0 Å². The largest absolute Gasteiger partial charge is 0.471 e. The summed E-state index contributed by atoms with van der Waals surface area (Å²) in [6, 6.07) is 6.84. The quantitative estimate of drug-likeness (QED) is 0.550. The first-order valence-electron chi connectivity index (χ1n) is 8.14. The van der Waals surface area contributed by atoms with E-state index in [0.29, 0.717) is 16.5 Å². The molecule has 3 aromatic rings. The Morgan fingerprint density at radius 3 is 2.79 bits per heavy atom. The molecule has 2 aromatic heterocycles. The molecule has 0 atom stereocenters. The first kappa shape index (κ1) is 21.2. The lowest BCUT2D eigenvalue weighted by atomic mass is 10.3. The van der Waals surface area contributed by atoms with E-state index in [1.807, 2.05) is 0 Å². The minimum atomic E-state index is -4.62. The van der Waals surface area contributed by atoms with E-state index in [4.69, 9.17) is 16.3 Å². The van der Waals surface area contributed by atoms with E-state index in [1.54, 1.807) is 24.3 Å². The summed E-state index contributed by atoms with van der Waals surface area (Å²) in [6.07, 6.45) is -1.70. The van der Waals surface area contributed by atoms with Crippen molar-refractivity contribution in [1.29, 1.82) is 0 Å². The smallest absolute Gasteiger partial charge is 0.436 e. The van der Waals surface area contributed by atoms with E-state index >= 15 is 0 Å². The van der Waals surface area contributed by atoms with Crippen LogP contribution < -0.4 is 10.1 Å². The lowest BCUT2D eigenvalue weighted by Gasteiger charge is -2.06. The molecule has 0 bridgehead atoms. The van der Waals surface area contributed by atoms with Crippen molar-refractivity contribution < 1.29 is 22.7 Å². The molecular formula is C17H14BrClF3N5O2. The number of anilines is 1. The number of amides is 1. The molecule has 0 aliphatic heterocycles. The number of hydrogen-bond donors (Lipinski definition) is 1. The predicted octanol–water partition coefficient (Wildman–Crippen LogP) is 4.50. The summed E-state index contributed by atoms with van der Waals surface area (Å²) in [5.74, 6) is 0.00548. The fourth-order valence-electron chi connectivity index (χ4n) is 2.39. The van der Waals surface area contributed by atoms with Crippen LogP contribution in [0, 0.1) is 6.92 Å². The number of carbonyl (C=O) groups excluding carboxylic acids is 1. The lowest BCUT2D eigenvalue weighted by molar-refractivity contribution is -0.142. The number of ether oxygens (including phenoxy) is 1. The molecule has 29 heavy (non-hydrogen) atoms. The van der Waals surface area contributed by atoms with Gasteiger partial charge in [-0.1, -0.05) is 17.7 Å². The van der Waals surface area contributed by atoms with Crippen molar-refractivity contribution >= 4 is 39.1 Å². The summed E-state index contributed by atoms with van der Waals surface area (Å²) in [7, 11) is 0. The first-order valence-corrected chi connectivity index (χ1v) is 9.31. The first-order chi connectivity index (χ1) is 13.6. The van der Waals surface area contributed by atoms with Gasteiger partial charge in [0.05, 0.1) is 28.2 Å². The molecule has 2 heterocycles. The predicted molar refractivity (Wildman–Crippen MR) is 103 cm³/mol. The van der Waals surface area contributed by atoms with Gasteiger partial charge in [-0.25, -0.2) is 4.68 Å². The van der Waals surface area contributed by atoms with Crippen molar-refractivity contribution in [1.82, 2.24) is 19.6 Å². The second-order valence-corrected chi connectivity index (χ2v) is 7.18. The molecule has 1 N–H and O–H groups in total. The van der Waals surface area contributed by atoms with Gasteiger partial charge in [-0.3, -0.25) is 9.48 Å². The topological polar surface area (TPSA) is 74.0 Å². The molecule has 1 aromatic carbocycles. The zero-order chi connectivity index (χ0) is 21.2. The van der Waals surface area contributed by atoms with Crippen molar-refractivity contribution in [2.75, 3.05) is 5.32 Å². The maximum absolute atomic E-state index is 12.9. The zero-order valence-corrected chi connectivity index (χ0v) is 17.2. The van der Waals surface area contributed by atoms with Crippen molar-refractivity contribution in [3.8, 4) is 5.75 Å². The molecule has 0 radical (unpaired) electrons. The maximum Gasteiger partial charge on any atom is 0.436 e. The molecule has 0 spiro atoms. The summed E-state index contributed by atoms with van der Waals surface area (Å²) in [4.78, 5) is 12.2. The van der Waals surface area contributed by atoms with Gasteiger partial charge in [-0.05, 0) is 41.1 Å². The number of benzene rings is 1. The molecule has 1 amide bonds. The van der Waals surface area contributed by atoms with E-state index < -0.39 is 17.8 Å². The van der Waals surface area contributed by atoms with Crippen LogP contribution in [0.1, 0.15) is 11.4 Å². The Kier molecular flexibility index (Phi) is 6.18. The van der Waals surface area contributed by atoms with Crippen LogP contribution in [0.15, 0.2) is 41.1 Å². The minimum absolute atomic E-state index is 0.0797. The van der Waals surface area contributed by atoms with Crippen LogP contribution >= 0.6 is 27.5 Å². The van der Waals surface area contributed by atoms with Crippen molar-refractivity contribution in [2.24, 2.45) is 0 Å². The Balaban J connectivity index is 1.59. The van der Waals surface area contributed by atoms with E-state index in [9.17, 15) is 18.0 Å². The van der Waals surface area contributed by atoms with Gasteiger partial charge >= 0.3 is 6.18 Å². The minimum Gasteiger partial charge on any atom is -0.471 e. The van der Waals surface area contributed by atoms with Gasteiger partial charge < -0.3 is 10.1 Å². The van der Waals surface area contributed by atoms with Gasteiger partial charge in [0.15, 0.2) is 12.4 Å². The van der Waals surface area contributed by atoms with Crippen LogP contribution in [0.4, 0.5) is 18.9 Å². The number of nitrogens with one attached hydrogen (secondary N) is 1. The van der Waals surface area contributed by atoms with Crippen LogP contribution in [-0.4, -0.2) is 25.5 Å². The van der Waals surface area contributed by atoms with E-state index in [0.717, 1.165) is 4.68 Å². The van der Waals surface area contributed by atoms with Crippen molar-refractivity contribution in [2.45, 2.75) is 26.4 Å². The molecule has 3 rings (SSSR count). The van der Waals surface area contributed by atoms with E-state index in [1.165, 1.54) is 24.0 Å². The molecule has 0 unspecified atom stereocenters. The second kappa shape index (κ2) is 8.46. The molecule has 0 aliphatic rings. The highest BCUT2D eigenvalue weighted by molar-refractivity contribution is 9.10. The van der Waals surface area contributed by atoms with Crippen LogP contribution in [0.2, 0.25) is 5.02 Å². The number of aromatic nitrogens is 4. The number of hydrogen-bond acceptors (Lipinski definition) is 4. The summed E-state index contributed by atoms with van der Waals surface area (Å²) in [6.45, 7) is 1.13. The SMILES string of the molecule is Cc1c(Br)c(C(F)(F)F)nn1CC(=O)Nc1cnn(COc2cccc(Cl)c2)c1. The Hall–Kier alpha value is -2.53. The Labute approximate surface area is 176 Å². The van der Waals surface area contributed by atoms with Gasteiger partial charge in [0.1, 0.15) is 12.3 Å². The Morgan fingerprint density at radius 2 is 2.14 bits per heavy atom. The van der Waals surface area contributed by atoms with E-state index in [-0.39, 0.29) is 23.4 Å². The fraction of sp³-hybridized carbons (Fsp3) is 0.235. The number of carbonyl (C=O) groups is 1. The molecule has 0 saturated heterocycles. The molecule has 12 heteroatoms. The molecule has 154 valence electrons. The molecule has 0 saturated carbocycles. The van der Waals surface area contributed by atoms with Crippen molar-refractivity contribution in [3.05, 3.63) is 57.5 Å². The standard InChI is InChI=1S/C17H14BrClF3N5O2/c1-10-15(18)16(17(20,21)22)25-27(10)8-14(28)24-12-6-23-26(7-12)9-29-13-4-2-3-11(19)5-13/h2-7H,8-9H2,1H3,(H,24,28). The fourth-order valence-corrected chi connectivity index (χ4v) is 3.08. The number of alkyl halides is 3. The van der Waals surface area contributed by atoms with Gasteiger partial charge in [-0.2, -0.15) is 23.4 Å². The molecule has 7 nitrogen and oxygen atoms in total. The van der Waals surface area contributed by atoms with Crippen LogP contribution in [-0.2, 0) is 24.2 Å². The third-order valence-corrected chi connectivity index (χ3v) is 4.96. The summed E-state index contributed by atoms with van der Waals surface area (Å²) in [5.41, 5.74) is -0.517. The second-order valence-electron chi connectivity index (χ2n) is 5.95. The van der Waals surface area contributed by atoms with Gasteiger partial charge in [0, 0.05) is 5.02 Å². The number of nitrogens with zero attached hydrogens (tertiary/aromatic N) is 4. The highest BCUT2D eigenvalue weighted by Crippen LogP contribution is 2.35. The lowest BCUT2D eigenvalue weighted by Crippen LogP contribution is -2.20. The average Bonchev–Trinajstić information content (AvgIpc) is 3.19. The van der Waals surface area contributed by atoms with Crippen molar-refractivity contribution in [3.63, 3.8) is 0 Å². The molecule has 0 aliphatic carbocycles. The third-order valence-electron chi connectivity index (χ3n) is 3.77. The Bertz CT molecular complexity index is 1030. The molecule has 0 fully saturated rings. The normalized spacial score (nSPS) is 11.5. The Morgan fingerprint density at radius 1 is 1.38 bits per heavy atom. The summed E-state index contributed by atoms with van der Waals surface area (Å²) < 4.78 is 46.5. The summed E-state index contributed by atoms with van der Waals surface area (Å²) >= 11 is 8.75. The van der Waals surface area contributed by atoms with Crippen LogP contribution in [0.5, 0.6) is 5.75 Å². The highest BCUT2D eigenvalue weighted by atomic mass is 79.9. The van der Waals surface area contributed by atoms with Gasteiger partial charge in [0.25, 0.3) is 0 Å². The van der Waals surface area contributed by atoms with Gasteiger partial charge in [0.2, 0.25) is 5.91 Å². The number of halogens is 5. The maximum atomic E-state index is 12.9. The van der Waals surface area contributed by atoms with E-state index in [2.05, 4.69) is 31.4 Å². The highest BCUT2D eigenvalue weighted by Gasteiger charge is 2.38.